The van der Waals surface area contributed by atoms with Gasteiger partial charge >= 0.3 is 0 Å². The van der Waals surface area contributed by atoms with Gasteiger partial charge in [-0.25, -0.2) is 5.84 Å². The van der Waals surface area contributed by atoms with E-state index in [1.807, 2.05) is 58.0 Å². The normalized spacial score (nSPS) is 10.6. The van der Waals surface area contributed by atoms with Gasteiger partial charge in [0.1, 0.15) is 18.0 Å². The fourth-order valence-electron chi connectivity index (χ4n) is 3.45. The molecule has 0 unspecified atom stereocenters. The molecule has 5 N–H and O–H groups in total. The highest BCUT2D eigenvalue weighted by Crippen LogP contribution is 2.20. The van der Waals surface area contributed by atoms with Crippen molar-refractivity contribution in [2.45, 2.75) is 41.5 Å². The van der Waals surface area contributed by atoms with E-state index in [-0.39, 0.29) is 35.5 Å². The molecule has 10 heteroatoms. The number of hydrogen-bond donors (Lipinski definition) is 4. The van der Waals surface area contributed by atoms with Crippen LogP contribution < -0.4 is 11.3 Å². The average Bonchev–Trinajstić information content (AvgIpc) is 3.55. The van der Waals surface area contributed by atoms with Crippen molar-refractivity contribution in [2.75, 3.05) is 6.54 Å². The van der Waals surface area contributed by atoms with Gasteiger partial charge in [-0.3, -0.25) is 24.8 Å². The van der Waals surface area contributed by atoms with Gasteiger partial charge in [-0.2, -0.15) is 0 Å². The lowest BCUT2D eigenvalue weighted by molar-refractivity contribution is 0.0955. The summed E-state index contributed by atoms with van der Waals surface area (Å²) < 4.78 is 0. The minimum atomic E-state index is -0.224. The second kappa shape index (κ2) is 15.6. The van der Waals surface area contributed by atoms with Crippen molar-refractivity contribution in [2.24, 2.45) is 10.8 Å². The quantitative estimate of drug-likeness (QED) is 0.0677. The number of thiophene rings is 2. The van der Waals surface area contributed by atoms with Crippen molar-refractivity contribution >= 4 is 45.9 Å². The van der Waals surface area contributed by atoms with Crippen LogP contribution in [-0.2, 0) is 0 Å². The number of nitrogens with one attached hydrogen (secondary N) is 1. The number of amides is 1. The number of Topliss-reactive ketones (excluding diaryl/α,β-unsaturated/α-hetero) is 2. The first-order valence-electron chi connectivity index (χ1n) is 12.6. The van der Waals surface area contributed by atoms with Gasteiger partial charge in [-0.1, -0.05) is 12.1 Å². The summed E-state index contributed by atoms with van der Waals surface area (Å²) in [4.78, 5) is 41.5. The Morgan fingerprint density at radius 3 is 1.66 bits per heavy atom. The predicted molar refractivity (Wildman–Crippen MR) is 167 cm³/mol. The van der Waals surface area contributed by atoms with Crippen LogP contribution in [0.4, 0.5) is 0 Å². The van der Waals surface area contributed by atoms with E-state index in [9.17, 15) is 24.6 Å². The van der Waals surface area contributed by atoms with E-state index in [1.165, 1.54) is 29.6 Å². The van der Waals surface area contributed by atoms with E-state index in [0.717, 1.165) is 25.8 Å². The highest BCUT2D eigenvalue weighted by Gasteiger charge is 2.09. The van der Waals surface area contributed by atoms with Crippen molar-refractivity contribution in [3.8, 4) is 11.5 Å². The largest absolute Gasteiger partial charge is 0.507 e. The number of hydrogen-bond acceptors (Lipinski definition) is 9. The summed E-state index contributed by atoms with van der Waals surface area (Å²) in [5, 5.41) is 19.1. The summed E-state index contributed by atoms with van der Waals surface area (Å²) in [5.41, 5.74) is 5.73. The van der Waals surface area contributed by atoms with Crippen LogP contribution in [-0.4, -0.2) is 39.9 Å². The lowest BCUT2D eigenvalue weighted by atomic mass is 10.1. The topological polar surface area (TPSA) is 142 Å². The zero-order valence-corrected chi connectivity index (χ0v) is 25.6. The van der Waals surface area contributed by atoms with Gasteiger partial charge in [0.15, 0.2) is 11.6 Å². The SMILES string of the molecule is CC(=NCC(=O)c1ccc(C)s1)c1ccc(C)cc1O.CC(=O)c1ccc(C)cc1O.Cc1ccc(C(=O)NN)s1. The second-order valence-corrected chi connectivity index (χ2v) is 11.8. The monoisotopic (exact) mass is 593 g/mol. The van der Waals surface area contributed by atoms with Crippen molar-refractivity contribution in [1.82, 2.24) is 5.43 Å². The number of phenols is 2. The summed E-state index contributed by atoms with van der Waals surface area (Å²) in [5.74, 6) is 4.86. The lowest BCUT2D eigenvalue weighted by Crippen LogP contribution is -2.29. The molecule has 0 radical (unpaired) electrons. The minimum absolute atomic E-state index is 0.00838. The van der Waals surface area contributed by atoms with Crippen LogP contribution in [0.3, 0.4) is 0 Å². The molecule has 2 heterocycles. The van der Waals surface area contributed by atoms with Gasteiger partial charge in [0, 0.05) is 21.0 Å². The molecule has 0 bridgehead atoms. The number of rotatable bonds is 6. The Morgan fingerprint density at radius 1 is 0.756 bits per heavy atom. The third-order valence-electron chi connectivity index (χ3n) is 5.65. The summed E-state index contributed by atoms with van der Waals surface area (Å²) in [6, 6.07) is 17.8. The Balaban J connectivity index is 0.000000236. The number of benzene rings is 2. The maximum absolute atomic E-state index is 12.0. The predicted octanol–water partition coefficient (Wildman–Crippen LogP) is 6.33. The zero-order chi connectivity index (χ0) is 30.7. The Morgan fingerprint density at radius 2 is 1.24 bits per heavy atom. The fraction of sp³-hybridized carbons (Fsp3) is 0.226. The number of nitrogens with zero attached hydrogens (tertiary/aromatic N) is 1. The third-order valence-corrected chi connectivity index (χ3v) is 7.69. The van der Waals surface area contributed by atoms with Crippen LogP contribution in [0.15, 0.2) is 65.7 Å². The molecule has 8 nitrogen and oxygen atoms in total. The van der Waals surface area contributed by atoms with Crippen LogP contribution in [0.5, 0.6) is 11.5 Å². The zero-order valence-electron chi connectivity index (χ0n) is 23.9. The first kappa shape index (κ1) is 33.1. The Kier molecular flexibility index (Phi) is 12.6. The van der Waals surface area contributed by atoms with E-state index in [4.69, 9.17) is 5.84 Å². The molecule has 216 valence electrons. The van der Waals surface area contributed by atoms with Gasteiger partial charge in [-0.05, 0) is 101 Å². The van der Waals surface area contributed by atoms with Gasteiger partial charge < -0.3 is 10.2 Å². The molecule has 0 atom stereocenters. The summed E-state index contributed by atoms with van der Waals surface area (Å²) in [6.07, 6.45) is 0. The van der Waals surface area contributed by atoms with Gasteiger partial charge in [0.2, 0.25) is 0 Å². The van der Waals surface area contributed by atoms with Gasteiger partial charge in [-0.15, -0.1) is 22.7 Å². The summed E-state index contributed by atoms with van der Waals surface area (Å²) >= 11 is 2.91. The summed E-state index contributed by atoms with van der Waals surface area (Å²) in [6.45, 7) is 11.0. The molecule has 4 aromatic rings. The number of phenolic OH excluding ortho intramolecular Hbond substituents is 2. The number of aliphatic imine (C=N–C) groups is 1. The number of hydrazine groups is 1. The first-order chi connectivity index (χ1) is 19.3. The van der Waals surface area contributed by atoms with Crippen LogP contribution in [0.25, 0.3) is 0 Å². The van der Waals surface area contributed by atoms with Gasteiger partial charge in [0.05, 0.1) is 15.3 Å². The molecular weight excluding hydrogens is 558 g/mol. The number of aryl methyl sites for hydroxylation is 4. The molecule has 0 aliphatic heterocycles. The Bertz CT molecular complexity index is 1550. The Hall–Kier alpha value is -4.12. The minimum Gasteiger partial charge on any atom is -0.507 e. The maximum Gasteiger partial charge on any atom is 0.275 e. The molecule has 4 rings (SSSR count). The number of nitrogen functional groups attached to an aromatic ring is 1. The molecule has 0 aliphatic carbocycles. The van der Waals surface area contributed by atoms with Crippen molar-refractivity contribution in [3.63, 3.8) is 0 Å². The van der Waals surface area contributed by atoms with Crippen molar-refractivity contribution in [1.29, 1.82) is 0 Å². The summed E-state index contributed by atoms with van der Waals surface area (Å²) in [7, 11) is 0. The standard InChI is InChI=1S/C16H17NO2S.C9H10O2.C6H8N2OS/c1-10-4-6-13(14(18)8-10)12(3)17-9-15(19)16-7-5-11(2)20-16;1-6-3-4-8(7(2)10)9(11)5-6;1-4-2-3-5(10-4)6(9)8-7/h4-8,18H,9H2,1-3H3;3-5,11H,1-2H3;2-3H,7H2,1H3,(H,8,9). The second-order valence-electron chi connectivity index (χ2n) is 9.22. The van der Waals surface area contributed by atoms with Crippen LogP contribution in [0, 0.1) is 27.7 Å². The number of nitrogens with two attached hydrogens (primary N) is 1. The number of carbonyl (C=O) groups is 3. The van der Waals surface area contributed by atoms with Crippen LogP contribution >= 0.6 is 22.7 Å². The molecule has 0 aliphatic rings. The van der Waals surface area contributed by atoms with Crippen molar-refractivity contribution < 1.29 is 24.6 Å². The highest BCUT2D eigenvalue weighted by molar-refractivity contribution is 7.14. The fourth-order valence-corrected chi connectivity index (χ4v) is 5.02. The number of aromatic hydroxyl groups is 2. The van der Waals surface area contributed by atoms with E-state index >= 15 is 0 Å². The molecule has 2 aromatic carbocycles. The average molecular weight is 594 g/mol. The highest BCUT2D eigenvalue weighted by atomic mass is 32.1. The molecule has 0 spiro atoms. The third kappa shape index (κ3) is 10.4. The molecular formula is C31H35N3O5S2. The molecule has 0 saturated carbocycles. The van der Waals surface area contributed by atoms with Crippen LogP contribution in [0.2, 0.25) is 0 Å². The van der Waals surface area contributed by atoms with E-state index < -0.39 is 0 Å². The maximum atomic E-state index is 12.0. The number of ketones is 2. The molecule has 2 aromatic heterocycles. The van der Waals surface area contributed by atoms with Crippen molar-refractivity contribution in [3.05, 3.63) is 102 Å². The van der Waals surface area contributed by atoms with Crippen LogP contribution in [0.1, 0.15) is 70.0 Å². The van der Waals surface area contributed by atoms with Gasteiger partial charge in [0.25, 0.3) is 5.91 Å². The molecule has 0 saturated heterocycles. The lowest BCUT2D eigenvalue weighted by Gasteiger charge is -2.05. The molecule has 41 heavy (non-hydrogen) atoms. The Labute approximate surface area is 248 Å². The number of carbonyl (C=O) groups excluding carboxylic acids is 3. The molecule has 0 fully saturated rings. The smallest absolute Gasteiger partial charge is 0.275 e. The van der Waals surface area contributed by atoms with E-state index in [0.29, 0.717) is 21.7 Å². The van der Waals surface area contributed by atoms with E-state index in [2.05, 4.69) is 10.4 Å². The van der Waals surface area contributed by atoms with E-state index in [1.54, 1.807) is 37.3 Å². The first-order valence-corrected chi connectivity index (χ1v) is 14.2. The molecule has 1 amide bonds.